The highest BCUT2D eigenvalue weighted by molar-refractivity contribution is 7.89. The summed E-state index contributed by atoms with van der Waals surface area (Å²) in [6.45, 7) is 2.71. The van der Waals surface area contributed by atoms with Crippen LogP contribution in [-0.4, -0.2) is 44.1 Å². The summed E-state index contributed by atoms with van der Waals surface area (Å²) in [6.07, 6.45) is 1.92. The van der Waals surface area contributed by atoms with E-state index in [0.717, 1.165) is 34.1 Å². The molecule has 4 aromatic rings. The number of nitro groups is 1. The zero-order valence-electron chi connectivity index (χ0n) is 21.9. The first-order chi connectivity index (χ1) is 19.2. The highest BCUT2D eigenvalue weighted by Crippen LogP contribution is 2.45. The number of esters is 1. The maximum absolute atomic E-state index is 12.9. The predicted molar refractivity (Wildman–Crippen MR) is 149 cm³/mol. The summed E-state index contributed by atoms with van der Waals surface area (Å²) in [7, 11) is -3.88. The Morgan fingerprint density at radius 1 is 1.10 bits per heavy atom. The predicted octanol–water partition coefficient (Wildman–Crippen LogP) is 4.83. The van der Waals surface area contributed by atoms with Crippen LogP contribution >= 0.6 is 0 Å². The van der Waals surface area contributed by atoms with E-state index in [1.165, 1.54) is 24.3 Å². The van der Waals surface area contributed by atoms with Gasteiger partial charge in [-0.3, -0.25) is 10.1 Å². The fraction of sp³-hybridized carbons (Fsp3) is 0.276. The molecule has 0 amide bonds. The van der Waals surface area contributed by atoms with Crippen molar-refractivity contribution in [1.29, 1.82) is 0 Å². The molecule has 1 saturated heterocycles. The van der Waals surface area contributed by atoms with Gasteiger partial charge in [-0.05, 0) is 67.6 Å². The quantitative estimate of drug-likeness (QED) is 0.160. The van der Waals surface area contributed by atoms with Crippen LogP contribution in [0.25, 0.3) is 10.9 Å². The summed E-state index contributed by atoms with van der Waals surface area (Å²) in [6, 6.07) is 19.8. The lowest BCUT2D eigenvalue weighted by atomic mass is 9.84. The Balaban J connectivity index is 1.46. The summed E-state index contributed by atoms with van der Waals surface area (Å²) in [5, 5.41) is 11.9. The van der Waals surface area contributed by atoms with Crippen LogP contribution in [0.15, 0.2) is 77.7 Å². The normalized spacial score (nSPS) is 17.2. The first-order valence-electron chi connectivity index (χ1n) is 13.0. The Kier molecular flexibility index (Phi) is 7.70. The number of hydrogen-bond donors (Lipinski definition) is 2. The molecule has 1 aliphatic heterocycles. The maximum Gasteiger partial charge on any atom is 0.338 e. The number of hydrogen-bond acceptors (Lipinski definition) is 7. The van der Waals surface area contributed by atoms with Gasteiger partial charge in [-0.15, -0.1) is 0 Å². The monoisotopic (exact) mass is 563 g/mol. The smallest absolute Gasteiger partial charge is 0.338 e. The van der Waals surface area contributed by atoms with E-state index in [1.54, 1.807) is 19.1 Å². The molecule has 1 aromatic heterocycles. The second-order valence-corrected chi connectivity index (χ2v) is 11.3. The first-order valence-corrected chi connectivity index (χ1v) is 14.5. The highest BCUT2D eigenvalue weighted by atomic mass is 32.2. The van der Waals surface area contributed by atoms with Crippen molar-refractivity contribution in [3.8, 4) is 0 Å². The van der Waals surface area contributed by atoms with Gasteiger partial charge in [0.15, 0.2) is 0 Å². The minimum absolute atomic E-state index is 0.0467. The van der Waals surface area contributed by atoms with Gasteiger partial charge < -0.3 is 14.5 Å². The topological polar surface area (TPSA) is 141 Å². The van der Waals surface area contributed by atoms with E-state index in [4.69, 9.17) is 9.47 Å². The number of ether oxygens (including phenoxy) is 2. The van der Waals surface area contributed by atoms with Crippen LogP contribution < -0.4 is 4.72 Å². The zero-order chi connectivity index (χ0) is 28.3. The van der Waals surface area contributed by atoms with E-state index in [0.29, 0.717) is 31.6 Å². The number of benzene rings is 3. The number of rotatable bonds is 10. The van der Waals surface area contributed by atoms with Gasteiger partial charge in [0.25, 0.3) is 5.69 Å². The Labute approximate surface area is 231 Å². The van der Waals surface area contributed by atoms with E-state index < -0.39 is 20.5 Å². The third kappa shape index (κ3) is 5.23. The number of H-pyrrole nitrogens is 1. The van der Waals surface area contributed by atoms with Crippen LogP contribution in [0.2, 0.25) is 0 Å². The standard InChI is InChI=1S/C29H29N3O7S/c1-2-38-28(33)20-8-10-21(11-9-20)29(17-5-19-39-29)27-25(24-6-3-4-7-26(24)31-27)16-18-30-40(36,37)23-14-12-22(13-15-23)32(34)35/h3-4,6-15,30-31H,2,5,16-19H2,1H3/t29-/m0/s1. The number of sulfonamides is 1. The van der Waals surface area contributed by atoms with Gasteiger partial charge in [0.2, 0.25) is 10.0 Å². The van der Waals surface area contributed by atoms with Crippen LogP contribution in [0.3, 0.4) is 0 Å². The fourth-order valence-electron chi connectivity index (χ4n) is 5.24. The van der Waals surface area contributed by atoms with Crippen molar-refractivity contribution in [3.63, 3.8) is 0 Å². The molecular weight excluding hydrogens is 534 g/mol. The maximum atomic E-state index is 12.9. The van der Waals surface area contributed by atoms with Gasteiger partial charge in [-0.25, -0.2) is 17.9 Å². The number of nitrogens with one attached hydrogen (secondary N) is 2. The molecule has 10 nitrogen and oxygen atoms in total. The number of carbonyl (C=O) groups excluding carboxylic acids is 1. The van der Waals surface area contributed by atoms with E-state index in [9.17, 15) is 23.3 Å². The second kappa shape index (κ2) is 11.2. The molecule has 1 atom stereocenters. The molecular formula is C29H29N3O7S. The number of nitro benzene ring substituents is 1. The molecule has 0 radical (unpaired) electrons. The van der Waals surface area contributed by atoms with Crippen molar-refractivity contribution in [2.45, 2.75) is 36.7 Å². The van der Waals surface area contributed by atoms with Gasteiger partial charge in [-0.2, -0.15) is 0 Å². The lowest BCUT2D eigenvalue weighted by Gasteiger charge is -2.30. The Bertz CT molecular complexity index is 1640. The van der Waals surface area contributed by atoms with Crippen molar-refractivity contribution in [2.24, 2.45) is 0 Å². The molecule has 2 N–H and O–H groups in total. The molecule has 0 saturated carbocycles. The second-order valence-electron chi connectivity index (χ2n) is 9.50. The SMILES string of the molecule is CCOC(=O)c1ccc([C@]2(c3[nH]c4ccccc4c3CCNS(=O)(=O)c3ccc([N+](=O)[O-])cc3)CCCO2)cc1. The molecule has 0 unspecified atom stereocenters. The van der Waals surface area contributed by atoms with Crippen LogP contribution in [0, 0.1) is 10.1 Å². The summed E-state index contributed by atoms with van der Waals surface area (Å²) >= 11 is 0. The van der Waals surface area contributed by atoms with Crippen molar-refractivity contribution in [2.75, 3.05) is 19.8 Å². The molecule has 2 heterocycles. The number of para-hydroxylation sites is 1. The summed E-state index contributed by atoms with van der Waals surface area (Å²) in [5.74, 6) is -0.387. The number of aromatic nitrogens is 1. The molecule has 0 bridgehead atoms. The number of non-ortho nitro benzene ring substituents is 1. The molecule has 3 aromatic carbocycles. The largest absolute Gasteiger partial charge is 0.462 e. The first kappa shape index (κ1) is 27.5. The zero-order valence-corrected chi connectivity index (χ0v) is 22.7. The van der Waals surface area contributed by atoms with Crippen molar-refractivity contribution < 1.29 is 27.6 Å². The third-order valence-corrected chi connectivity index (χ3v) is 8.60. The summed E-state index contributed by atoms with van der Waals surface area (Å²) in [4.78, 5) is 26.0. The third-order valence-electron chi connectivity index (χ3n) is 7.13. The van der Waals surface area contributed by atoms with Crippen molar-refractivity contribution in [3.05, 3.63) is 105 Å². The van der Waals surface area contributed by atoms with Gasteiger partial charge in [0.05, 0.1) is 27.7 Å². The molecule has 1 fully saturated rings. The van der Waals surface area contributed by atoms with Crippen LogP contribution in [0.1, 0.15) is 46.9 Å². The highest BCUT2D eigenvalue weighted by Gasteiger charge is 2.42. The minimum atomic E-state index is -3.88. The average Bonchev–Trinajstić information content (AvgIpc) is 3.60. The van der Waals surface area contributed by atoms with Crippen molar-refractivity contribution in [1.82, 2.24) is 9.71 Å². The molecule has 40 heavy (non-hydrogen) atoms. The van der Waals surface area contributed by atoms with Crippen LogP contribution in [0.4, 0.5) is 5.69 Å². The molecule has 0 aliphatic carbocycles. The van der Waals surface area contributed by atoms with E-state index in [1.807, 2.05) is 36.4 Å². The summed E-state index contributed by atoms with van der Waals surface area (Å²) < 4.78 is 40.0. The van der Waals surface area contributed by atoms with Crippen LogP contribution in [0.5, 0.6) is 0 Å². The van der Waals surface area contributed by atoms with Gasteiger partial charge in [0.1, 0.15) is 5.60 Å². The van der Waals surface area contributed by atoms with E-state index in [-0.39, 0.29) is 23.1 Å². The number of carbonyl (C=O) groups is 1. The van der Waals surface area contributed by atoms with E-state index >= 15 is 0 Å². The molecule has 0 spiro atoms. The molecule has 1 aliphatic rings. The van der Waals surface area contributed by atoms with Crippen LogP contribution in [-0.2, 0) is 31.5 Å². The summed E-state index contributed by atoms with van der Waals surface area (Å²) in [5.41, 5.74) is 3.05. The average molecular weight is 564 g/mol. The number of fused-ring (bicyclic) bond motifs is 1. The van der Waals surface area contributed by atoms with Gasteiger partial charge in [-0.1, -0.05) is 30.3 Å². The minimum Gasteiger partial charge on any atom is -0.462 e. The van der Waals surface area contributed by atoms with Crippen molar-refractivity contribution >= 4 is 32.6 Å². The van der Waals surface area contributed by atoms with Gasteiger partial charge >= 0.3 is 5.97 Å². The molecule has 11 heteroatoms. The fourth-order valence-corrected chi connectivity index (χ4v) is 6.28. The molecule has 5 rings (SSSR count). The Morgan fingerprint density at radius 2 is 1.82 bits per heavy atom. The lowest BCUT2D eigenvalue weighted by molar-refractivity contribution is -0.384. The van der Waals surface area contributed by atoms with Gasteiger partial charge in [0, 0.05) is 36.2 Å². The Morgan fingerprint density at radius 3 is 2.48 bits per heavy atom. The number of aromatic amines is 1. The molecule has 208 valence electrons. The van der Waals surface area contributed by atoms with E-state index in [2.05, 4.69) is 9.71 Å². The Hall–Kier alpha value is -4.06. The number of nitrogens with zero attached hydrogens (tertiary/aromatic N) is 1. The lowest BCUT2D eigenvalue weighted by Crippen LogP contribution is -2.30.